The average molecular weight is 258 g/mol. The van der Waals surface area contributed by atoms with E-state index in [1.54, 1.807) is 0 Å². The maximum atomic E-state index is 8.61. The van der Waals surface area contributed by atoms with Gasteiger partial charge >= 0.3 is 0 Å². The molecule has 0 fully saturated rings. The molecule has 0 spiro atoms. The van der Waals surface area contributed by atoms with Crippen molar-refractivity contribution in [2.75, 3.05) is 18.5 Å². The van der Waals surface area contributed by atoms with Crippen LogP contribution in [0.3, 0.4) is 0 Å². The summed E-state index contributed by atoms with van der Waals surface area (Å²) in [7, 11) is 0. The highest BCUT2D eigenvalue weighted by Gasteiger charge is 1.96. The number of aliphatic hydroxyl groups is 1. The highest BCUT2D eigenvalue weighted by molar-refractivity contribution is 9.10. The maximum Gasteiger partial charge on any atom is 0.0431 e. The summed E-state index contributed by atoms with van der Waals surface area (Å²) in [6.45, 7) is 3.26. The summed E-state index contributed by atoms with van der Waals surface area (Å²) in [5.41, 5.74) is 2.37. The van der Waals surface area contributed by atoms with Crippen molar-refractivity contribution in [1.29, 1.82) is 0 Å². The first kappa shape index (κ1) is 11.5. The van der Waals surface area contributed by atoms with Crippen LogP contribution in [0, 0.1) is 6.92 Å². The Hall–Kier alpha value is -0.540. The second kappa shape index (κ2) is 6.04. The Kier molecular flexibility index (Phi) is 4.98. The van der Waals surface area contributed by atoms with E-state index < -0.39 is 0 Å². The molecule has 0 heterocycles. The Morgan fingerprint density at radius 1 is 1.36 bits per heavy atom. The minimum atomic E-state index is 0.277. The van der Waals surface area contributed by atoms with Gasteiger partial charge in [0.05, 0.1) is 0 Å². The van der Waals surface area contributed by atoms with Crippen molar-refractivity contribution >= 4 is 21.6 Å². The van der Waals surface area contributed by atoms with Crippen LogP contribution in [-0.4, -0.2) is 18.3 Å². The molecule has 0 aliphatic carbocycles. The van der Waals surface area contributed by atoms with Crippen LogP contribution in [-0.2, 0) is 0 Å². The van der Waals surface area contributed by atoms with Gasteiger partial charge in [0.15, 0.2) is 0 Å². The third kappa shape index (κ3) is 3.68. The van der Waals surface area contributed by atoms with Crippen LogP contribution in [0.2, 0.25) is 0 Å². The van der Waals surface area contributed by atoms with Gasteiger partial charge in [-0.2, -0.15) is 0 Å². The Morgan fingerprint density at radius 2 is 2.14 bits per heavy atom. The molecule has 0 saturated heterocycles. The van der Waals surface area contributed by atoms with Gasteiger partial charge in [-0.15, -0.1) is 0 Å². The highest BCUT2D eigenvalue weighted by Crippen LogP contribution is 2.20. The minimum Gasteiger partial charge on any atom is -0.396 e. The van der Waals surface area contributed by atoms with Gasteiger partial charge in [-0.05, 0) is 37.5 Å². The van der Waals surface area contributed by atoms with E-state index in [9.17, 15) is 0 Å². The summed E-state index contributed by atoms with van der Waals surface area (Å²) in [6.07, 6.45) is 1.86. The molecule has 78 valence electrons. The summed E-state index contributed by atoms with van der Waals surface area (Å²) < 4.78 is 1.13. The average Bonchev–Trinajstić information content (AvgIpc) is 2.18. The number of hydrogen-bond donors (Lipinski definition) is 2. The number of hydrogen-bond acceptors (Lipinski definition) is 2. The van der Waals surface area contributed by atoms with Crippen LogP contribution in [0.5, 0.6) is 0 Å². The number of rotatable bonds is 5. The third-order valence-corrected chi connectivity index (χ3v) is 2.94. The molecule has 14 heavy (non-hydrogen) atoms. The van der Waals surface area contributed by atoms with Crippen LogP contribution in [0.15, 0.2) is 22.7 Å². The number of aryl methyl sites for hydroxylation is 1. The molecule has 0 bridgehead atoms. The van der Waals surface area contributed by atoms with E-state index in [2.05, 4.69) is 46.4 Å². The fourth-order valence-electron chi connectivity index (χ4n) is 1.17. The zero-order chi connectivity index (χ0) is 10.4. The first-order valence-corrected chi connectivity index (χ1v) is 5.64. The van der Waals surface area contributed by atoms with Crippen molar-refractivity contribution < 1.29 is 5.11 Å². The quantitative estimate of drug-likeness (QED) is 0.796. The Balaban J connectivity index is 2.39. The number of unbranched alkanes of at least 4 members (excludes halogenated alkanes) is 1. The first-order valence-electron chi connectivity index (χ1n) is 4.85. The van der Waals surface area contributed by atoms with Crippen molar-refractivity contribution in [3.05, 3.63) is 28.2 Å². The second-order valence-electron chi connectivity index (χ2n) is 3.32. The van der Waals surface area contributed by atoms with E-state index >= 15 is 0 Å². The van der Waals surface area contributed by atoms with Gasteiger partial charge in [0.2, 0.25) is 0 Å². The monoisotopic (exact) mass is 257 g/mol. The van der Waals surface area contributed by atoms with Gasteiger partial charge < -0.3 is 10.4 Å². The van der Waals surface area contributed by atoms with Crippen molar-refractivity contribution in [1.82, 2.24) is 0 Å². The standard InChI is InChI=1S/C11H16BrNO/c1-9-4-5-10(8-11(9)12)13-6-2-3-7-14/h4-5,8,13-14H,2-3,6-7H2,1H3. The van der Waals surface area contributed by atoms with Crippen molar-refractivity contribution in [2.24, 2.45) is 0 Å². The normalized spacial score (nSPS) is 10.2. The summed E-state index contributed by atoms with van der Waals surface area (Å²) in [5, 5.41) is 11.9. The smallest absolute Gasteiger partial charge is 0.0431 e. The molecule has 0 amide bonds. The van der Waals surface area contributed by atoms with Gasteiger partial charge in [0, 0.05) is 23.3 Å². The lowest BCUT2D eigenvalue weighted by atomic mass is 10.2. The fraction of sp³-hybridized carbons (Fsp3) is 0.455. The van der Waals surface area contributed by atoms with Crippen LogP contribution in [0.4, 0.5) is 5.69 Å². The lowest BCUT2D eigenvalue weighted by Crippen LogP contribution is -2.02. The molecule has 1 aromatic carbocycles. The molecule has 2 N–H and O–H groups in total. The maximum absolute atomic E-state index is 8.61. The van der Waals surface area contributed by atoms with Crippen LogP contribution in [0.25, 0.3) is 0 Å². The van der Waals surface area contributed by atoms with Crippen molar-refractivity contribution in [3.8, 4) is 0 Å². The van der Waals surface area contributed by atoms with E-state index in [1.807, 2.05) is 0 Å². The highest BCUT2D eigenvalue weighted by atomic mass is 79.9. The molecule has 0 aliphatic rings. The molecule has 0 radical (unpaired) electrons. The summed E-state index contributed by atoms with van der Waals surface area (Å²) in [4.78, 5) is 0. The Labute approximate surface area is 93.5 Å². The second-order valence-corrected chi connectivity index (χ2v) is 4.18. The molecule has 0 aromatic heterocycles. The molecule has 3 heteroatoms. The molecule has 1 aromatic rings. The van der Waals surface area contributed by atoms with E-state index in [1.165, 1.54) is 5.56 Å². The number of benzene rings is 1. The molecule has 1 rings (SSSR count). The molecule has 0 saturated carbocycles. The lowest BCUT2D eigenvalue weighted by Gasteiger charge is -2.07. The van der Waals surface area contributed by atoms with E-state index in [4.69, 9.17) is 5.11 Å². The van der Waals surface area contributed by atoms with Gasteiger partial charge in [-0.25, -0.2) is 0 Å². The first-order chi connectivity index (χ1) is 6.74. The molecular formula is C11H16BrNO. The molecule has 0 aliphatic heterocycles. The SMILES string of the molecule is Cc1ccc(NCCCCO)cc1Br. The Bertz CT molecular complexity index is 289. The predicted octanol–water partition coefficient (Wildman–Crippen LogP) is 2.94. The molecular weight excluding hydrogens is 242 g/mol. The largest absolute Gasteiger partial charge is 0.396 e. The van der Waals surface area contributed by atoms with Crippen molar-refractivity contribution in [2.45, 2.75) is 19.8 Å². The topological polar surface area (TPSA) is 32.3 Å². The number of anilines is 1. The fourth-order valence-corrected chi connectivity index (χ4v) is 1.55. The van der Waals surface area contributed by atoms with Crippen LogP contribution < -0.4 is 5.32 Å². The summed E-state index contributed by atoms with van der Waals surface area (Å²) >= 11 is 3.49. The van der Waals surface area contributed by atoms with Crippen molar-refractivity contribution in [3.63, 3.8) is 0 Å². The zero-order valence-corrected chi connectivity index (χ0v) is 9.97. The van der Waals surface area contributed by atoms with Gasteiger partial charge in [-0.1, -0.05) is 22.0 Å². The molecule has 0 unspecified atom stereocenters. The van der Waals surface area contributed by atoms with Gasteiger partial charge in [-0.3, -0.25) is 0 Å². The van der Waals surface area contributed by atoms with Crippen LogP contribution >= 0.6 is 15.9 Å². The zero-order valence-electron chi connectivity index (χ0n) is 8.39. The summed E-state index contributed by atoms with van der Waals surface area (Å²) in [5.74, 6) is 0. The number of halogens is 1. The van der Waals surface area contributed by atoms with E-state index in [0.717, 1.165) is 29.5 Å². The lowest BCUT2D eigenvalue weighted by molar-refractivity contribution is 0.286. The number of nitrogens with one attached hydrogen (secondary N) is 1. The third-order valence-electron chi connectivity index (χ3n) is 2.09. The summed E-state index contributed by atoms with van der Waals surface area (Å²) in [6, 6.07) is 6.23. The van der Waals surface area contributed by atoms with Crippen LogP contribution in [0.1, 0.15) is 18.4 Å². The van der Waals surface area contributed by atoms with E-state index in [-0.39, 0.29) is 6.61 Å². The molecule has 0 atom stereocenters. The van der Waals surface area contributed by atoms with E-state index in [0.29, 0.717) is 0 Å². The Morgan fingerprint density at radius 3 is 2.79 bits per heavy atom. The minimum absolute atomic E-state index is 0.277. The predicted molar refractivity (Wildman–Crippen MR) is 63.7 cm³/mol. The van der Waals surface area contributed by atoms with Gasteiger partial charge in [0.1, 0.15) is 0 Å². The number of aliphatic hydroxyl groups excluding tert-OH is 1. The molecule has 2 nitrogen and oxygen atoms in total. The van der Waals surface area contributed by atoms with Gasteiger partial charge in [0.25, 0.3) is 0 Å².